The number of aryl methyl sites for hydroxylation is 1. The Morgan fingerprint density at radius 1 is 1.13 bits per heavy atom. The summed E-state index contributed by atoms with van der Waals surface area (Å²) in [5, 5.41) is 8.04. The van der Waals surface area contributed by atoms with E-state index in [1.807, 2.05) is 19.1 Å². The Kier molecular flexibility index (Phi) is 8.49. The number of alkyl halides is 2. The molecule has 16 heteroatoms. The van der Waals surface area contributed by atoms with Crippen LogP contribution in [0.4, 0.5) is 8.78 Å². The normalized spacial score (nSPS) is 15.7. The molecule has 1 aliphatic carbocycles. The molecule has 47 heavy (non-hydrogen) atoms. The van der Waals surface area contributed by atoms with Crippen LogP contribution in [0.25, 0.3) is 27.5 Å². The van der Waals surface area contributed by atoms with E-state index in [4.69, 9.17) is 21.1 Å². The van der Waals surface area contributed by atoms with Crippen molar-refractivity contribution in [3.05, 3.63) is 88.0 Å². The largest absolute Gasteiger partial charge is 0.497 e. The number of pyridine rings is 1. The van der Waals surface area contributed by atoms with Crippen LogP contribution < -0.4 is 4.74 Å². The van der Waals surface area contributed by atoms with Crippen LogP contribution in [0.2, 0.25) is 5.15 Å². The van der Waals surface area contributed by atoms with E-state index in [9.17, 15) is 21.4 Å². The van der Waals surface area contributed by atoms with Crippen LogP contribution in [-0.4, -0.2) is 49.2 Å². The minimum Gasteiger partial charge on any atom is -0.497 e. The number of fused-ring (bicyclic) bond motifs is 1. The van der Waals surface area contributed by atoms with Crippen LogP contribution >= 0.6 is 22.9 Å². The van der Waals surface area contributed by atoms with Crippen molar-refractivity contribution in [2.75, 3.05) is 7.11 Å². The highest BCUT2D eigenvalue weighted by atomic mass is 35.5. The first-order chi connectivity index (χ1) is 22.2. The maximum atomic E-state index is 14.7. The average Bonchev–Trinajstić information content (AvgIpc) is 3.43. The zero-order valence-corrected chi connectivity index (χ0v) is 28.6. The number of rotatable bonds is 11. The van der Waals surface area contributed by atoms with Crippen molar-refractivity contribution < 1.29 is 26.1 Å². The minimum atomic E-state index is -4.21. The molecular weight excluding hydrogens is 690 g/mol. The Hall–Kier alpha value is -3.76. The molecule has 3 aromatic heterocycles. The van der Waals surface area contributed by atoms with E-state index < -0.39 is 36.7 Å². The summed E-state index contributed by atoms with van der Waals surface area (Å²) in [6.07, 6.45) is -0.158. The Bertz CT molecular complexity index is 2250. The molecule has 3 heterocycles. The molecule has 0 radical (unpaired) electrons. The van der Waals surface area contributed by atoms with Gasteiger partial charge in [0.2, 0.25) is 10.0 Å². The molecule has 0 amide bonds. The lowest BCUT2D eigenvalue weighted by atomic mass is 10.0. The number of methoxy groups -OCH3 is 1. The summed E-state index contributed by atoms with van der Waals surface area (Å²) in [5.41, 5.74) is 1.92. The molecule has 0 saturated heterocycles. The molecule has 1 atom stereocenters. The Morgan fingerprint density at radius 2 is 1.83 bits per heavy atom. The SMILES string of the molecule is C=CS(=N)(=O)c1ccc(-c2cc(S(=O)(=O)N(Cc3ccc(OC)cc3)C3(C)CC3)cn3c(-c4nnc(C(F)F)s4)nc(Cl)c23)c(C)c1. The lowest BCUT2D eigenvalue weighted by molar-refractivity contribution is 0.150. The van der Waals surface area contributed by atoms with Gasteiger partial charge in [-0.1, -0.05) is 47.7 Å². The molecule has 1 N–H and O–H groups in total. The van der Waals surface area contributed by atoms with Crippen LogP contribution in [0.1, 0.15) is 42.3 Å². The van der Waals surface area contributed by atoms with Gasteiger partial charge in [0.05, 0.1) is 32.1 Å². The number of nitrogens with one attached hydrogen (secondary N) is 1. The van der Waals surface area contributed by atoms with Gasteiger partial charge < -0.3 is 4.74 Å². The van der Waals surface area contributed by atoms with E-state index in [-0.39, 0.29) is 32.3 Å². The van der Waals surface area contributed by atoms with Crippen molar-refractivity contribution >= 4 is 48.2 Å². The van der Waals surface area contributed by atoms with Crippen molar-refractivity contribution in [1.82, 2.24) is 23.9 Å². The topological polar surface area (TPSA) is 131 Å². The number of hydrogen-bond acceptors (Lipinski definition) is 9. The molecule has 1 saturated carbocycles. The number of aromatic nitrogens is 4. The van der Waals surface area contributed by atoms with E-state index in [1.165, 1.54) is 27.0 Å². The quantitative estimate of drug-likeness (QED) is 0.148. The monoisotopic (exact) mass is 718 g/mol. The fourth-order valence-electron chi connectivity index (χ4n) is 5.30. The molecule has 5 aromatic rings. The zero-order chi connectivity index (χ0) is 33.9. The van der Waals surface area contributed by atoms with Crippen LogP contribution in [0.5, 0.6) is 5.75 Å². The predicted molar refractivity (Wildman–Crippen MR) is 177 cm³/mol. The van der Waals surface area contributed by atoms with Gasteiger partial charge in [0.1, 0.15) is 5.75 Å². The summed E-state index contributed by atoms with van der Waals surface area (Å²) >= 11 is 7.32. The van der Waals surface area contributed by atoms with Gasteiger partial charge in [-0.25, -0.2) is 31.2 Å². The highest BCUT2D eigenvalue weighted by Crippen LogP contribution is 2.46. The third-order valence-electron chi connectivity index (χ3n) is 8.21. The van der Waals surface area contributed by atoms with E-state index in [2.05, 4.69) is 21.8 Å². The summed E-state index contributed by atoms with van der Waals surface area (Å²) in [6, 6.07) is 13.4. The third-order valence-corrected chi connectivity index (χ3v) is 12.8. The number of sulfonamides is 1. The molecule has 0 spiro atoms. The van der Waals surface area contributed by atoms with Crippen molar-refractivity contribution in [2.24, 2.45) is 0 Å². The molecule has 1 aliphatic rings. The van der Waals surface area contributed by atoms with Crippen molar-refractivity contribution in [3.8, 4) is 27.7 Å². The van der Waals surface area contributed by atoms with Crippen molar-refractivity contribution in [1.29, 1.82) is 4.78 Å². The summed E-state index contributed by atoms with van der Waals surface area (Å²) in [7, 11) is -5.92. The Balaban J connectivity index is 1.58. The van der Waals surface area contributed by atoms with E-state index >= 15 is 0 Å². The number of ether oxygens (including phenoxy) is 1. The zero-order valence-electron chi connectivity index (χ0n) is 25.4. The van der Waals surface area contributed by atoms with E-state index in [1.54, 1.807) is 38.3 Å². The van der Waals surface area contributed by atoms with Gasteiger partial charge in [-0.05, 0) is 73.7 Å². The van der Waals surface area contributed by atoms with Gasteiger partial charge in [-0.2, -0.15) is 4.31 Å². The number of benzene rings is 2. The van der Waals surface area contributed by atoms with E-state index in [0.717, 1.165) is 11.0 Å². The number of imidazole rings is 1. The van der Waals surface area contributed by atoms with Crippen LogP contribution in [0.3, 0.4) is 0 Å². The van der Waals surface area contributed by atoms with Gasteiger partial charge in [-0.3, -0.25) is 4.40 Å². The maximum absolute atomic E-state index is 14.7. The standard InChI is InChI=1S/C31H29ClF2N6O4S3/c1-5-46(35,41)21-10-11-23(18(2)14-21)24-15-22(17-39-25(24)26(32)36-28(39)30-38-37-29(45-30)27(33)34)47(42,43)40(31(3)12-13-31)16-19-6-8-20(44-4)9-7-19/h5-11,14-15,17,27,35H,1,12-13,16H2,2-4H3. The number of halogens is 3. The van der Waals surface area contributed by atoms with Gasteiger partial charge in [-0.15, -0.1) is 10.2 Å². The molecule has 0 bridgehead atoms. The Labute approximate surface area is 279 Å². The predicted octanol–water partition coefficient (Wildman–Crippen LogP) is 7.72. The maximum Gasteiger partial charge on any atom is 0.291 e. The lowest BCUT2D eigenvalue weighted by Gasteiger charge is -2.29. The average molecular weight is 719 g/mol. The van der Waals surface area contributed by atoms with Gasteiger partial charge in [0.25, 0.3) is 6.43 Å². The first-order valence-corrected chi connectivity index (χ1v) is 18.5. The summed E-state index contributed by atoms with van der Waals surface area (Å²) in [5.74, 6) is 0.685. The van der Waals surface area contributed by atoms with Crippen LogP contribution in [0.15, 0.2) is 76.5 Å². The number of hydrogen-bond donors (Lipinski definition) is 1. The fraction of sp³-hybridized carbons (Fsp3) is 0.258. The fourth-order valence-corrected chi connectivity index (χ4v) is 8.92. The second-order valence-corrected chi connectivity index (χ2v) is 16.6. The second kappa shape index (κ2) is 12.0. The molecule has 10 nitrogen and oxygen atoms in total. The summed E-state index contributed by atoms with van der Waals surface area (Å²) in [6.45, 7) is 7.23. The molecule has 6 rings (SSSR count). The lowest BCUT2D eigenvalue weighted by Crippen LogP contribution is -2.39. The van der Waals surface area contributed by atoms with Crippen LogP contribution in [-0.2, 0) is 26.3 Å². The molecule has 0 aliphatic heterocycles. The summed E-state index contributed by atoms with van der Waals surface area (Å²) < 4.78 is 85.3. The van der Waals surface area contributed by atoms with Gasteiger partial charge >= 0.3 is 0 Å². The molecule has 1 fully saturated rings. The van der Waals surface area contributed by atoms with E-state index in [0.29, 0.717) is 52.1 Å². The highest BCUT2D eigenvalue weighted by molar-refractivity contribution is 7.95. The number of nitrogens with zero attached hydrogens (tertiary/aromatic N) is 5. The van der Waals surface area contributed by atoms with Crippen molar-refractivity contribution in [3.63, 3.8) is 0 Å². The molecular formula is C31H29ClF2N6O4S3. The third kappa shape index (κ3) is 6.06. The molecule has 1 unspecified atom stereocenters. The first kappa shape index (κ1) is 33.2. The van der Waals surface area contributed by atoms with Gasteiger partial charge in [0, 0.05) is 29.3 Å². The molecule has 2 aromatic carbocycles. The smallest absolute Gasteiger partial charge is 0.291 e. The first-order valence-electron chi connectivity index (χ1n) is 14.2. The second-order valence-electron chi connectivity index (χ2n) is 11.4. The minimum absolute atomic E-state index is 0.0177. The van der Waals surface area contributed by atoms with Crippen molar-refractivity contribution in [2.45, 2.75) is 55.0 Å². The molecule has 246 valence electrons. The Morgan fingerprint density at radius 3 is 2.40 bits per heavy atom. The van der Waals surface area contributed by atoms with Crippen LogP contribution in [0, 0.1) is 11.7 Å². The summed E-state index contributed by atoms with van der Waals surface area (Å²) in [4.78, 5) is 4.56. The van der Waals surface area contributed by atoms with Gasteiger partial charge in [0.15, 0.2) is 21.0 Å². The highest BCUT2D eigenvalue weighted by Gasteiger charge is 2.49.